The highest BCUT2D eigenvalue weighted by atomic mass is 16.2. The van der Waals surface area contributed by atoms with Gasteiger partial charge in [0.1, 0.15) is 34.9 Å². The Morgan fingerprint density at radius 2 is 1.71 bits per heavy atom. The van der Waals surface area contributed by atoms with Gasteiger partial charge in [-0.3, -0.25) is 14.4 Å². The third-order valence-electron chi connectivity index (χ3n) is 7.09. The molecule has 1 saturated heterocycles. The molecular weight excluding hydrogens is 426 g/mol. The fourth-order valence-corrected chi connectivity index (χ4v) is 5.47. The van der Waals surface area contributed by atoms with Gasteiger partial charge in [0.2, 0.25) is 0 Å². The predicted octanol–water partition coefficient (Wildman–Crippen LogP) is 3.88. The van der Waals surface area contributed by atoms with Crippen molar-refractivity contribution in [1.82, 2.24) is 9.88 Å². The second kappa shape index (κ2) is 9.23. The van der Waals surface area contributed by atoms with Crippen LogP contribution in [0.15, 0.2) is 30.3 Å². The maximum absolute atomic E-state index is 13.3. The highest BCUT2D eigenvalue weighted by Crippen LogP contribution is 2.46. The average molecular weight is 454 g/mol. The van der Waals surface area contributed by atoms with Crippen LogP contribution < -0.4 is 0 Å². The van der Waals surface area contributed by atoms with Gasteiger partial charge < -0.3 is 4.90 Å². The first-order chi connectivity index (χ1) is 16.3. The molecule has 0 atom stereocenters. The predicted molar refractivity (Wildman–Crippen MR) is 127 cm³/mol. The molecule has 2 heterocycles. The van der Waals surface area contributed by atoms with Gasteiger partial charge in [-0.25, -0.2) is 4.98 Å². The molecule has 6 heteroatoms. The fraction of sp³-hybridized carbons (Fsp3) is 0.393. The van der Waals surface area contributed by atoms with E-state index in [4.69, 9.17) is 5.26 Å². The summed E-state index contributed by atoms with van der Waals surface area (Å²) in [5.74, 6) is 4.94. The Kier molecular flexibility index (Phi) is 6.35. The molecule has 0 radical (unpaired) electrons. The summed E-state index contributed by atoms with van der Waals surface area (Å²) < 4.78 is 0. The van der Waals surface area contributed by atoms with Crippen LogP contribution in [-0.2, 0) is 9.59 Å². The van der Waals surface area contributed by atoms with Crippen LogP contribution >= 0.6 is 0 Å². The molecule has 34 heavy (non-hydrogen) atoms. The summed E-state index contributed by atoms with van der Waals surface area (Å²) in [5.41, 5.74) is 3.62. The van der Waals surface area contributed by atoms with Gasteiger partial charge in [-0.15, -0.1) is 5.92 Å². The molecule has 2 aliphatic rings. The van der Waals surface area contributed by atoms with Crippen molar-refractivity contribution in [2.75, 3.05) is 13.1 Å². The van der Waals surface area contributed by atoms with Gasteiger partial charge in [0, 0.05) is 31.5 Å². The second-order valence-corrected chi connectivity index (χ2v) is 9.43. The van der Waals surface area contributed by atoms with Crippen LogP contribution in [-0.4, -0.2) is 40.4 Å². The number of hydrogen-bond acceptors (Lipinski definition) is 5. The minimum Gasteiger partial charge on any atom is -0.337 e. The number of ketones is 2. The first kappa shape index (κ1) is 23.4. The van der Waals surface area contributed by atoms with E-state index >= 15 is 0 Å². The minimum atomic E-state index is -0.716. The number of benzene rings is 1. The number of piperidine rings is 1. The molecule has 6 nitrogen and oxygen atoms in total. The van der Waals surface area contributed by atoms with Crippen LogP contribution in [0, 0.1) is 42.4 Å². The number of carbonyl (C=O) groups excluding carboxylic acids is 3. The molecule has 4 rings (SSSR count). The number of nitriles is 1. The molecule has 0 bridgehead atoms. The molecule has 1 spiro atoms. The lowest BCUT2D eigenvalue weighted by molar-refractivity contribution is -0.138. The average Bonchev–Trinajstić information content (AvgIpc) is 2.80. The van der Waals surface area contributed by atoms with Crippen molar-refractivity contribution in [3.05, 3.63) is 64.0 Å². The van der Waals surface area contributed by atoms with Crippen LogP contribution in [0.3, 0.4) is 0 Å². The zero-order chi connectivity index (χ0) is 24.5. The number of pyridine rings is 1. The zero-order valence-electron chi connectivity index (χ0n) is 19.8. The van der Waals surface area contributed by atoms with E-state index in [9.17, 15) is 14.4 Å². The van der Waals surface area contributed by atoms with Gasteiger partial charge >= 0.3 is 0 Å². The van der Waals surface area contributed by atoms with Crippen molar-refractivity contribution < 1.29 is 14.4 Å². The maximum Gasteiger partial charge on any atom is 0.272 e. The number of nitrogens with zero attached hydrogens (tertiary/aromatic N) is 3. The molecule has 2 fully saturated rings. The molecule has 1 amide bonds. The van der Waals surface area contributed by atoms with E-state index in [0.717, 1.165) is 22.3 Å². The number of Topliss-reactive ketones (excluding diaryl/α,β-unsaturated/α-hetero) is 2. The SMILES string of the molecule is CC#Cc1cc(C)c(C2C(=O)CC3(CCN(C(=O)c4cccc(C#N)n4)CC3)CC2=O)c(C)c1. The second-order valence-electron chi connectivity index (χ2n) is 9.43. The van der Waals surface area contributed by atoms with Gasteiger partial charge in [0.05, 0.1) is 0 Å². The number of amides is 1. The Balaban J connectivity index is 1.49. The quantitative estimate of drug-likeness (QED) is 0.508. The van der Waals surface area contributed by atoms with E-state index in [-0.39, 0.29) is 28.9 Å². The van der Waals surface area contributed by atoms with Crippen LogP contribution in [0.25, 0.3) is 0 Å². The summed E-state index contributed by atoms with van der Waals surface area (Å²) in [7, 11) is 0. The van der Waals surface area contributed by atoms with Gasteiger partial charge in [-0.2, -0.15) is 5.26 Å². The first-order valence-corrected chi connectivity index (χ1v) is 11.5. The molecule has 1 saturated carbocycles. The third-order valence-corrected chi connectivity index (χ3v) is 7.09. The summed E-state index contributed by atoms with van der Waals surface area (Å²) >= 11 is 0. The Bertz CT molecular complexity index is 1240. The fourth-order valence-electron chi connectivity index (χ4n) is 5.47. The summed E-state index contributed by atoms with van der Waals surface area (Å²) in [6, 6.07) is 10.7. The van der Waals surface area contributed by atoms with E-state index in [0.29, 0.717) is 38.8 Å². The summed E-state index contributed by atoms with van der Waals surface area (Å²) in [6.07, 6.45) is 1.90. The smallest absolute Gasteiger partial charge is 0.272 e. The third kappa shape index (κ3) is 4.37. The monoisotopic (exact) mass is 453 g/mol. The highest BCUT2D eigenvalue weighted by molar-refractivity contribution is 6.10. The van der Waals surface area contributed by atoms with Crippen LogP contribution in [0.2, 0.25) is 0 Å². The lowest BCUT2D eigenvalue weighted by Crippen LogP contribution is -2.48. The van der Waals surface area contributed by atoms with Gasteiger partial charge in [0.15, 0.2) is 0 Å². The van der Waals surface area contributed by atoms with Crippen molar-refractivity contribution in [2.45, 2.75) is 52.4 Å². The highest BCUT2D eigenvalue weighted by Gasteiger charge is 2.47. The Morgan fingerprint density at radius 3 is 2.26 bits per heavy atom. The lowest BCUT2D eigenvalue weighted by Gasteiger charge is -2.44. The molecular formula is C28H27N3O3. The Hall–Kier alpha value is -3.77. The zero-order valence-corrected chi connectivity index (χ0v) is 19.8. The van der Waals surface area contributed by atoms with Crippen LogP contribution in [0.4, 0.5) is 0 Å². The molecule has 1 aliphatic carbocycles. The number of aromatic nitrogens is 1. The standard InChI is InChI=1S/C28H27N3O3/c1-4-6-20-13-18(2)25(19(3)14-20)26-23(32)15-28(16-24(26)33)9-11-31(12-10-28)27(34)22-8-5-7-21(17-29)30-22/h5,7-8,13-14,26H,9-12,15-16H2,1-3H3. The number of likely N-dealkylation sites (tertiary alicyclic amines) is 1. The topological polar surface area (TPSA) is 91.1 Å². The normalized spacial score (nSPS) is 17.8. The van der Waals surface area contributed by atoms with Crippen molar-refractivity contribution in [2.24, 2.45) is 5.41 Å². The van der Waals surface area contributed by atoms with E-state index in [2.05, 4.69) is 16.8 Å². The van der Waals surface area contributed by atoms with Crippen molar-refractivity contribution in [1.29, 1.82) is 5.26 Å². The Labute approximate surface area is 200 Å². The largest absolute Gasteiger partial charge is 0.337 e. The molecule has 1 aliphatic heterocycles. The molecule has 0 N–H and O–H groups in total. The summed E-state index contributed by atoms with van der Waals surface area (Å²) in [4.78, 5) is 45.3. The summed E-state index contributed by atoms with van der Waals surface area (Å²) in [6.45, 7) is 6.59. The molecule has 172 valence electrons. The van der Waals surface area contributed by atoms with Crippen molar-refractivity contribution >= 4 is 17.5 Å². The lowest BCUT2D eigenvalue weighted by atomic mass is 9.62. The summed E-state index contributed by atoms with van der Waals surface area (Å²) in [5, 5.41) is 9.04. The van der Waals surface area contributed by atoms with Gasteiger partial charge in [-0.05, 0) is 80.0 Å². The molecule has 1 aromatic heterocycles. The minimum absolute atomic E-state index is 0.0278. The van der Waals surface area contributed by atoms with E-state index < -0.39 is 11.3 Å². The molecule has 2 aromatic rings. The number of carbonyl (C=O) groups is 3. The van der Waals surface area contributed by atoms with Crippen molar-refractivity contribution in [3.63, 3.8) is 0 Å². The molecule has 1 aromatic carbocycles. The van der Waals surface area contributed by atoms with Crippen LogP contribution in [0.5, 0.6) is 0 Å². The van der Waals surface area contributed by atoms with E-state index in [1.54, 1.807) is 30.0 Å². The Morgan fingerprint density at radius 1 is 1.09 bits per heavy atom. The molecule has 0 unspecified atom stereocenters. The van der Waals surface area contributed by atoms with E-state index in [1.807, 2.05) is 32.0 Å². The number of hydrogen-bond donors (Lipinski definition) is 0. The number of aryl methyl sites for hydroxylation is 2. The van der Waals surface area contributed by atoms with E-state index in [1.165, 1.54) is 0 Å². The number of rotatable bonds is 2. The van der Waals surface area contributed by atoms with Crippen LogP contribution in [0.1, 0.15) is 77.0 Å². The van der Waals surface area contributed by atoms with Gasteiger partial charge in [0.25, 0.3) is 5.91 Å². The maximum atomic E-state index is 13.3. The van der Waals surface area contributed by atoms with Crippen molar-refractivity contribution in [3.8, 4) is 17.9 Å². The first-order valence-electron chi connectivity index (χ1n) is 11.5. The van der Waals surface area contributed by atoms with Gasteiger partial charge in [-0.1, -0.05) is 12.0 Å².